The van der Waals surface area contributed by atoms with Gasteiger partial charge in [0.2, 0.25) is 11.9 Å². The Balaban J connectivity index is 1.61. The van der Waals surface area contributed by atoms with Crippen LogP contribution in [0.4, 0.5) is 30.5 Å². The molecule has 2 N–H and O–H groups in total. The molecule has 1 aliphatic heterocycles. The average Bonchev–Trinajstić information content (AvgIpc) is 2.92. The summed E-state index contributed by atoms with van der Waals surface area (Å²) in [6, 6.07) is 5.27. The monoisotopic (exact) mass is 484 g/mol. The van der Waals surface area contributed by atoms with E-state index in [1.165, 1.54) is 12.3 Å². The van der Waals surface area contributed by atoms with Crippen LogP contribution in [0.25, 0.3) is 11.3 Å². The molecule has 0 saturated carbocycles. The third-order valence-electron chi connectivity index (χ3n) is 5.80. The summed E-state index contributed by atoms with van der Waals surface area (Å²) >= 11 is 0. The number of aromatic nitrogens is 3. The van der Waals surface area contributed by atoms with Gasteiger partial charge in [0.15, 0.2) is 0 Å². The molecule has 0 fully saturated rings. The molecule has 2 aromatic heterocycles. The third-order valence-corrected chi connectivity index (χ3v) is 5.80. The number of anilines is 3. The van der Waals surface area contributed by atoms with Gasteiger partial charge in [0.05, 0.1) is 34.7 Å². The number of pyridine rings is 1. The van der Waals surface area contributed by atoms with Crippen molar-refractivity contribution in [2.24, 2.45) is 0 Å². The second-order valence-electron chi connectivity index (χ2n) is 8.91. The highest BCUT2D eigenvalue weighted by Crippen LogP contribution is 2.38. The van der Waals surface area contributed by atoms with E-state index in [9.17, 15) is 18.0 Å². The first-order chi connectivity index (χ1) is 16.6. The molecule has 1 aliphatic rings. The summed E-state index contributed by atoms with van der Waals surface area (Å²) in [6.45, 7) is 2.90. The molecule has 10 heteroatoms. The predicted molar refractivity (Wildman–Crippen MR) is 129 cm³/mol. The first-order valence-corrected chi connectivity index (χ1v) is 11.3. The molecule has 0 saturated heterocycles. The Hall–Kier alpha value is -3.53. The third kappa shape index (κ3) is 5.94. The summed E-state index contributed by atoms with van der Waals surface area (Å²) in [7, 11) is 4.10. The molecule has 0 bridgehead atoms. The van der Waals surface area contributed by atoms with E-state index in [1.54, 1.807) is 0 Å². The molecule has 184 valence electrons. The highest BCUT2D eigenvalue weighted by atomic mass is 19.4. The number of benzene rings is 1. The zero-order chi connectivity index (χ0) is 25.2. The van der Waals surface area contributed by atoms with E-state index >= 15 is 0 Å². The number of hydrogen-bond acceptors (Lipinski definition) is 6. The van der Waals surface area contributed by atoms with Gasteiger partial charge < -0.3 is 15.5 Å². The molecule has 3 heterocycles. The number of fused-ring (bicyclic) bond motifs is 3. The Morgan fingerprint density at radius 1 is 1.11 bits per heavy atom. The van der Waals surface area contributed by atoms with E-state index in [1.807, 2.05) is 19.2 Å². The fourth-order valence-electron chi connectivity index (χ4n) is 3.94. The van der Waals surface area contributed by atoms with Gasteiger partial charge in [-0.15, -0.1) is 0 Å². The van der Waals surface area contributed by atoms with Crippen molar-refractivity contribution in [2.75, 3.05) is 31.3 Å². The number of hydrogen-bond donors (Lipinski definition) is 2. The molecule has 0 aliphatic carbocycles. The summed E-state index contributed by atoms with van der Waals surface area (Å²) in [5, 5.41) is 5.75. The maximum absolute atomic E-state index is 13.2. The van der Waals surface area contributed by atoms with Gasteiger partial charge in [0.25, 0.3) is 0 Å². The van der Waals surface area contributed by atoms with Crippen LogP contribution in [0.2, 0.25) is 0 Å². The zero-order valence-corrected chi connectivity index (χ0v) is 19.8. The molecule has 1 amide bonds. The number of rotatable bonds is 7. The molecule has 0 radical (unpaired) electrons. The van der Waals surface area contributed by atoms with Gasteiger partial charge in [0, 0.05) is 23.5 Å². The van der Waals surface area contributed by atoms with Crippen molar-refractivity contribution in [1.82, 2.24) is 19.9 Å². The van der Waals surface area contributed by atoms with E-state index in [0.29, 0.717) is 16.8 Å². The number of amides is 1. The SMILES string of the molecule is Cc1ncc(CCCCN(C)C)cc1Nc1ncc2c(n1)-c1ccc(C(F)(F)F)cc1NC(=O)C2. The molecule has 0 spiro atoms. The van der Waals surface area contributed by atoms with Crippen LogP contribution >= 0.6 is 0 Å². The summed E-state index contributed by atoms with van der Waals surface area (Å²) in [5.74, 6) is -0.144. The van der Waals surface area contributed by atoms with E-state index in [2.05, 4.69) is 44.6 Å². The van der Waals surface area contributed by atoms with E-state index in [-0.39, 0.29) is 18.1 Å². The van der Waals surface area contributed by atoms with E-state index in [0.717, 1.165) is 54.9 Å². The van der Waals surface area contributed by atoms with E-state index < -0.39 is 17.6 Å². The van der Waals surface area contributed by atoms with Crippen LogP contribution in [0.15, 0.2) is 36.7 Å². The Kier molecular flexibility index (Phi) is 7.02. The Morgan fingerprint density at radius 3 is 2.66 bits per heavy atom. The van der Waals surface area contributed by atoms with Crippen molar-refractivity contribution in [1.29, 1.82) is 0 Å². The Labute approximate surface area is 201 Å². The quantitative estimate of drug-likeness (QED) is 0.460. The highest BCUT2D eigenvalue weighted by Gasteiger charge is 2.32. The lowest BCUT2D eigenvalue weighted by Crippen LogP contribution is -2.13. The lowest BCUT2D eigenvalue weighted by Gasteiger charge is -2.14. The van der Waals surface area contributed by atoms with Crippen LogP contribution in [0.1, 0.15) is 35.2 Å². The van der Waals surface area contributed by atoms with Crippen molar-refractivity contribution < 1.29 is 18.0 Å². The second-order valence-corrected chi connectivity index (χ2v) is 8.91. The molecular formula is C25H27F3N6O. The van der Waals surface area contributed by atoms with Crippen molar-refractivity contribution in [3.05, 3.63) is 59.0 Å². The van der Waals surface area contributed by atoms with Gasteiger partial charge in [0.1, 0.15) is 0 Å². The standard InChI is InChI=1S/C25H27F3N6O/c1-15-20(10-16(13-29-15)6-4-5-9-34(2)3)32-24-30-14-17-11-22(35)31-21-12-18(25(26,27)28)7-8-19(21)23(17)33-24/h7-8,10,12-14H,4-6,9,11H2,1-3H3,(H,31,35)(H,30,32,33). The fourth-order valence-corrected chi connectivity index (χ4v) is 3.94. The largest absolute Gasteiger partial charge is 0.416 e. The van der Waals surface area contributed by atoms with Crippen molar-refractivity contribution in [3.8, 4) is 11.3 Å². The number of halogens is 3. The first kappa shape index (κ1) is 24.6. The smallest absolute Gasteiger partial charge is 0.325 e. The first-order valence-electron chi connectivity index (χ1n) is 11.3. The zero-order valence-electron chi connectivity index (χ0n) is 19.8. The summed E-state index contributed by atoms with van der Waals surface area (Å²) < 4.78 is 39.6. The lowest BCUT2D eigenvalue weighted by atomic mass is 10.0. The predicted octanol–water partition coefficient (Wildman–Crippen LogP) is 4.99. The molecule has 0 unspecified atom stereocenters. The molecule has 1 aromatic carbocycles. The molecular weight excluding hydrogens is 457 g/mol. The van der Waals surface area contributed by atoms with Gasteiger partial charge in [-0.1, -0.05) is 6.07 Å². The summed E-state index contributed by atoms with van der Waals surface area (Å²) in [5.41, 5.74) is 3.21. The maximum atomic E-state index is 13.2. The topological polar surface area (TPSA) is 83.0 Å². The molecule has 4 rings (SSSR count). The maximum Gasteiger partial charge on any atom is 0.416 e. The van der Waals surface area contributed by atoms with Crippen LogP contribution in [0, 0.1) is 6.92 Å². The normalized spacial score (nSPS) is 13.2. The Bertz CT molecular complexity index is 1240. The number of alkyl halides is 3. The lowest BCUT2D eigenvalue weighted by molar-refractivity contribution is -0.137. The second kappa shape index (κ2) is 9.99. The van der Waals surface area contributed by atoms with Crippen LogP contribution in [0.3, 0.4) is 0 Å². The number of carbonyl (C=O) groups is 1. The van der Waals surface area contributed by atoms with Crippen molar-refractivity contribution in [2.45, 2.75) is 38.8 Å². The van der Waals surface area contributed by atoms with Crippen LogP contribution < -0.4 is 10.6 Å². The number of carbonyl (C=O) groups excluding carboxylic acids is 1. The van der Waals surface area contributed by atoms with E-state index in [4.69, 9.17) is 0 Å². The molecule has 0 atom stereocenters. The minimum atomic E-state index is -4.52. The highest BCUT2D eigenvalue weighted by molar-refractivity contribution is 6.00. The number of nitrogens with zero attached hydrogens (tertiary/aromatic N) is 4. The Morgan fingerprint density at radius 2 is 1.91 bits per heavy atom. The minimum absolute atomic E-state index is 0.0331. The van der Waals surface area contributed by atoms with Gasteiger partial charge in [-0.3, -0.25) is 9.78 Å². The number of unbranched alkanes of at least 4 members (excludes halogenated alkanes) is 1. The summed E-state index contributed by atoms with van der Waals surface area (Å²) in [4.78, 5) is 27.8. The van der Waals surface area contributed by atoms with Crippen molar-refractivity contribution >= 4 is 23.2 Å². The van der Waals surface area contributed by atoms with Crippen molar-refractivity contribution in [3.63, 3.8) is 0 Å². The number of aryl methyl sites for hydroxylation is 2. The van der Waals surface area contributed by atoms with Crippen LogP contribution in [-0.2, 0) is 23.8 Å². The fraction of sp³-hybridized carbons (Fsp3) is 0.360. The van der Waals surface area contributed by atoms with Crippen LogP contribution in [-0.4, -0.2) is 46.4 Å². The van der Waals surface area contributed by atoms with Gasteiger partial charge >= 0.3 is 6.18 Å². The summed E-state index contributed by atoms with van der Waals surface area (Å²) in [6.07, 6.45) is 1.85. The molecule has 7 nitrogen and oxygen atoms in total. The van der Waals surface area contributed by atoms with Gasteiger partial charge in [-0.05, 0) is 70.6 Å². The molecule has 35 heavy (non-hydrogen) atoms. The number of nitrogens with one attached hydrogen (secondary N) is 2. The minimum Gasteiger partial charge on any atom is -0.325 e. The van der Waals surface area contributed by atoms with Gasteiger partial charge in [-0.25, -0.2) is 9.97 Å². The average molecular weight is 485 g/mol. The van der Waals surface area contributed by atoms with Gasteiger partial charge in [-0.2, -0.15) is 13.2 Å². The van der Waals surface area contributed by atoms with Crippen LogP contribution in [0.5, 0.6) is 0 Å². The molecule has 3 aromatic rings.